The Morgan fingerprint density at radius 2 is 1.39 bits per heavy atom. The number of carbonyl (C=O) groups is 1. The lowest BCUT2D eigenvalue weighted by atomic mass is 10.3. The maximum atomic E-state index is 11.7. The molecule has 31 heavy (non-hydrogen) atoms. The molecule has 0 spiro atoms. The number of ether oxygens (including phenoxy) is 3. The van der Waals surface area contributed by atoms with E-state index in [4.69, 9.17) is 25.8 Å². The second kappa shape index (κ2) is 17.7. The van der Waals surface area contributed by atoms with Gasteiger partial charge in [0.05, 0.1) is 13.2 Å². The molecule has 184 valence electrons. The van der Waals surface area contributed by atoms with Crippen molar-refractivity contribution in [1.82, 2.24) is 0 Å². The van der Waals surface area contributed by atoms with Crippen LogP contribution in [0.3, 0.4) is 0 Å². The Morgan fingerprint density at radius 3 is 1.77 bits per heavy atom. The predicted molar refractivity (Wildman–Crippen MR) is 134 cm³/mol. The molecule has 1 unspecified atom stereocenters. The zero-order valence-electron chi connectivity index (χ0n) is 20.1. The minimum Gasteiger partial charge on any atom is -0.454 e. The zero-order valence-corrected chi connectivity index (χ0v) is 23.6. The third-order valence-electron chi connectivity index (χ3n) is 3.15. The van der Waals surface area contributed by atoms with E-state index in [1.54, 1.807) is 14.0 Å². The third-order valence-corrected chi connectivity index (χ3v) is 9.48. The molecule has 0 heterocycles. The molecule has 0 aliphatic heterocycles. The van der Waals surface area contributed by atoms with Gasteiger partial charge in [-0.1, -0.05) is 48.1 Å². The van der Waals surface area contributed by atoms with Crippen molar-refractivity contribution in [3.05, 3.63) is 12.2 Å². The van der Waals surface area contributed by atoms with Crippen molar-refractivity contribution in [3.8, 4) is 0 Å². The van der Waals surface area contributed by atoms with Crippen LogP contribution in [0.5, 0.6) is 0 Å². The first-order valence-corrected chi connectivity index (χ1v) is 14.8. The van der Waals surface area contributed by atoms with Gasteiger partial charge in [0.2, 0.25) is 0 Å². The lowest BCUT2D eigenvalue weighted by Gasteiger charge is -2.29. The number of carbonyl (C=O) groups excluding carboxylic acids is 1. The van der Waals surface area contributed by atoms with Gasteiger partial charge < -0.3 is 25.8 Å². The van der Waals surface area contributed by atoms with Crippen molar-refractivity contribution in [1.29, 1.82) is 0 Å². The molecule has 0 radical (unpaired) electrons. The molecule has 0 aromatic carbocycles. The Morgan fingerprint density at radius 1 is 0.903 bits per heavy atom. The Labute approximate surface area is 203 Å². The van der Waals surface area contributed by atoms with E-state index in [1.165, 1.54) is 36.1 Å². The highest BCUT2D eigenvalue weighted by Gasteiger charge is 2.44. The van der Waals surface area contributed by atoms with Gasteiger partial charge in [-0.3, -0.25) is 0 Å². The fraction of sp³-hybridized carbons (Fsp3) is 0.850. The fourth-order valence-corrected chi connectivity index (χ4v) is 8.56. The van der Waals surface area contributed by atoms with Crippen LogP contribution in [0.25, 0.3) is 0 Å². The zero-order chi connectivity index (χ0) is 23.9. The molecule has 7 nitrogen and oxygen atoms in total. The second-order valence-electron chi connectivity index (χ2n) is 7.81. The largest absolute Gasteiger partial charge is 0.535 e. The van der Waals surface area contributed by atoms with Crippen LogP contribution in [0.2, 0.25) is 6.04 Å². The van der Waals surface area contributed by atoms with Crippen molar-refractivity contribution in [3.63, 3.8) is 0 Å². The topological polar surface area (TPSA) is 72.5 Å². The van der Waals surface area contributed by atoms with Crippen molar-refractivity contribution in [2.24, 2.45) is 0 Å². The molecule has 0 saturated carbocycles. The first-order chi connectivity index (χ1) is 14.5. The van der Waals surface area contributed by atoms with Crippen molar-refractivity contribution in [2.75, 3.05) is 26.9 Å². The molecule has 0 aliphatic carbocycles. The lowest BCUT2D eigenvalue weighted by molar-refractivity contribution is -0.150. The molecule has 0 aromatic heterocycles. The number of rotatable bonds is 19. The standard InChI is InChI=1S/C20H40O7S3Si/c1-15(2)20(21)24-19(13-22-9)14-23-11-10-12-31(25-28-16(3)4,26-29-17(5)6)27-30-18(7)8/h16-19H,1,10-14H2,2-9H3. The van der Waals surface area contributed by atoms with Crippen molar-refractivity contribution in [2.45, 2.75) is 82.8 Å². The molecule has 0 rings (SSSR count). The number of hydrogen-bond donors (Lipinski definition) is 0. The van der Waals surface area contributed by atoms with Crippen LogP contribution in [0.4, 0.5) is 0 Å². The molecule has 0 amide bonds. The Balaban J connectivity index is 4.84. The van der Waals surface area contributed by atoms with Gasteiger partial charge >= 0.3 is 14.8 Å². The van der Waals surface area contributed by atoms with Gasteiger partial charge in [0.1, 0.15) is 6.10 Å². The highest BCUT2D eigenvalue weighted by molar-refractivity contribution is 7.99. The van der Waals surface area contributed by atoms with Gasteiger partial charge in [-0.15, -0.1) is 0 Å². The van der Waals surface area contributed by atoms with E-state index in [2.05, 4.69) is 48.1 Å². The Hall–Kier alpha value is 0.277. The summed E-state index contributed by atoms with van der Waals surface area (Å²) < 4.78 is 34.6. The van der Waals surface area contributed by atoms with E-state index in [0.717, 1.165) is 0 Å². The fourth-order valence-electron chi connectivity index (χ4n) is 1.83. The Bertz CT molecular complexity index is 476. The minimum atomic E-state index is -2.93. The SMILES string of the molecule is C=C(C)C(=O)OC(COC)COCCC[Si](OSC(C)C)(OSC(C)C)OSC(C)C. The van der Waals surface area contributed by atoms with Crippen molar-refractivity contribution >= 4 is 50.9 Å². The molecule has 11 heteroatoms. The first-order valence-electron chi connectivity index (χ1n) is 10.5. The average molecular weight is 517 g/mol. The summed E-state index contributed by atoms with van der Waals surface area (Å²) in [7, 11) is -1.38. The quantitative estimate of drug-likeness (QED) is 0.0703. The van der Waals surface area contributed by atoms with Crippen molar-refractivity contribution < 1.29 is 30.6 Å². The van der Waals surface area contributed by atoms with E-state index in [-0.39, 0.29) is 13.2 Å². The molecule has 0 aromatic rings. The van der Waals surface area contributed by atoms with Gasteiger partial charge in [-0.05, 0) is 49.5 Å². The summed E-state index contributed by atoms with van der Waals surface area (Å²) in [4.78, 5) is 11.7. The molecule has 0 N–H and O–H groups in total. The van der Waals surface area contributed by atoms with E-state index < -0.39 is 20.9 Å². The maximum absolute atomic E-state index is 11.7. The van der Waals surface area contributed by atoms with Crippen LogP contribution >= 0.6 is 36.1 Å². The van der Waals surface area contributed by atoms with Crippen LogP contribution in [-0.4, -0.2) is 63.6 Å². The molecular weight excluding hydrogens is 477 g/mol. The van der Waals surface area contributed by atoms with E-state index in [0.29, 0.717) is 40.4 Å². The second-order valence-corrected chi connectivity index (χ2v) is 15.1. The first kappa shape index (κ1) is 31.3. The van der Waals surface area contributed by atoms with Gasteiger partial charge in [0, 0.05) is 41.1 Å². The molecular formula is C20H40O7S3Si. The van der Waals surface area contributed by atoms with E-state index >= 15 is 0 Å². The summed E-state index contributed by atoms with van der Waals surface area (Å²) in [5, 5.41) is 0.878. The number of hydrogen-bond acceptors (Lipinski definition) is 10. The van der Waals surface area contributed by atoms with Crippen LogP contribution in [0.15, 0.2) is 12.2 Å². The van der Waals surface area contributed by atoms with Crippen LogP contribution in [0, 0.1) is 0 Å². The van der Waals surface area contributed by atoms with E-state index in [9.17, 15) is 4.79 Å². The van der Waals surface area contributed by atoms with Crippen LogP contribution < -0.4 is 0 Å². The summed E-state index contributed by atoms with van der Waals surface area (Å²) in [5.74, 6) is -0.450. The summed E-state index contributed by atoms with van der Waals surface area (Å²) >= 11 is 4.16. The summed E-state index contributed by atoms with van der Waals surface area (Å²) in [6.45, 7) is 18.6. The summed E-state index contributed by atoms with van der Waals surface area (Å²) in [6.07, 6.45) is 0.209. The number of methoxy groups -OCH3 is 1. The third kappa shape index (κ3) is 16.5. The predicted octanol–water partition coefficient (Wildman–Crippen LogP) is 5.69. The van der Waals surface area contributed by atoms with Gasteiger partial charge in [-0.25, -0.2) is 4.79 Å². The monoisotopic (exact) mass is 516 g/mol. The highest BCUT2D eigenvalue weighted by atomic mass is 32.2. The molecule has 0 aliphatic rings. The van der Waals surface area contributed by atoms with Gasteiger partial charge in [0.25, 0.3) is 0 Å². The van der Waals surface area contributed by atoms with Gasteiger partial charge in [0.15, 0.2) is 0 Å². The summed E-state index contributed by atoms with van der Waals surface area (Å²) in [6, 6.07) is 0.618. The highest BCUT2D eigenvalue weighted by Crippen LogP contribution is 2.34. The van der Waals surface area contributed by atoms with Crippen LogP contribution in [-0.2, 0) is 30.6 Å². The molecule has 0 fully saturated rings. The molecule has 0 bridgehead atoms. The molecule has 0 saturated heterocycles. The van der Waals surface area contributed by atoms with Crippen LogP contribution in [0.1, 0.15) is 54.9 Å². The Kier molecular flexibility index (Phi) is 17.9. The number of esters is 1. The van der Waals surface area contributed by atoms with Gasteiger partial charge in [-0.2, -0.15) is 0 Å². The lowest BCUT2D eigenvalue weighted by Crippen LogP contribution is -2.41. The molecule has 1 atom stereocenters. The minimum absolute atomic E-state index is 0.242. The normalized spacial score (nSPS) is 13.3. The summed E-state index contributed by atoms with van der Waals surface area (Å²) in [5.41, 5.74) is 0.344. The smallest absolute Gasteiger partial charge is 0.454 e. The van der Waals surface area contributed by atoms with E-state index in [1.807, 2.05) is 0 Å². The maximum Gasteiger partial charge on any atom is 0.535 e. The average Bonchev–Trinajstić information content (AvgIpc) is 2.68.